The van der Waals surface area contributed by atoms with Crippen LogP contribution in [0, 0.1) is 5.41 Å². The number of nitrogens with zero attached hydrogens (tertiary/aromatic N) is 3. The van der Waals surface area contributed by atoms with Crippen molar-refractivity contribution in [1.29, 1.82) is 0 Å². The van der Waals surface area contributed by atoms with Crippen LogP contribution < -0.4 is 5.32 Å². The second-order valence-electron chi connectivity index (χ2n) is 6.80. The minimum Gasteiger partial charge on any atom is -0.461 e. The van der Waals surface area contributed by atoms with Gasteiger partial charge in [-0.25, -0.2) is 0 Å². The van der Waals surface area contributed by atoms with E-state index >= 15 is 0 Å². The minimum atomic E-state index is 0. The SMILES string of the molecule is Cl.O=C(CCc1nc(-c2ccco2)no1)N1CCC2(CCNC2)CC1. The van der Waals surface area contributed by atoms with Crippen LogP contribution in [-0.4, -0.2) is 47.1 Å². The predicted molar refractivity (Wildman–Crippen MR) is 93.3 cm³/mol. The van der Waals surface area contributed by atoms with Gasteiger partial charge >= 0.3 is 0 Å². The van der Waals surface area contributed by atoms with E-state index in [1.54, 1.807) is 18.4 Å². The highest BCUT2D eigenvalue weighted by Gasteiger charge is 2.37. The van der Waals surface area contributed by atoms with Gasteiger partial charge in [0, 0.05) is 32.5 Å². The molecule has 0 aliphatic carbocycles. The van der Waals surface area contributed by atoms with Gasteiger partial charge in [0.15, 0.2) is 5.76 Å². The molecule has 2 aromatic rings. The topological polar surface area (TPSA) is 84.4 Å². The summed E-state index contributed by atoms with van der Waals surface area (Å²) < 4.78 is 10.4. The van der Waals surface area contributed by atoms with Crippen molar-refractivity contribution in [2.24, 2.45) is 5.41 Å². The smallest absolute Gasteiger partial charge is 0.238 e. The zero-order valence-electron chi connectivity index (χ0n) is 14.1. The average molecular weight is 367 g/mol. The Balaban J connectivity index is 0.00000182. The maximum absolute atomic E-state index is 12.4. The van der Waals surface area contributed by atoms with Gasteiger partial charge in [-0.3, -0.25) is 4.79 Å². The van der Waals surface area contributed by atoms with Crippen LogP contribution in [0.5, 0.6) is 0 Å². The Morgan fingerprint density at radius 3 is 2.84 bits per heavy atom. The highest BCUT2D eigenvalue weighted by Crippen LogP contribution is 2.37. The number of carbonyl (C=O) groups is 1. The summed E-state index contributed by atoms with van der Waals surface area (Å²) in [7, 11) is 0. The first-order valence-electron chi connectivity index (χ1n) is 8.59. The number of aromatic nitrogens is 2. The van der Waals surface area contributed by atoms with E-state index < -0.39 is 0 Å². The van der Waals surface area contributed by atoms with Crippen LogP contribution in [-0.2, 0) is 11.2 Å². The summed E-state index contributed by atoms with van der Waals surface area (Å²) in [4.78, 5) is 18.7. The van der Waals surface area contributed by atoms with Crippen molar-refractivity contribution in [3.05, 3.63) is 24.3 Å². The summed E-state index contributed by atoms with van der Waals surface area (Å²) in [6.07, 6.45) is 5.90. The second kappa shape index (κ2) is 7.58. The van der Waals surface area contributed by atoms with E-state index in [0.717, 1.165) is 39.0 Å². The van der Waals surface area contributed by atoms with Crippen molar-refractivity contribution in [3.8, 4) is 11.6 Å². The Morgan fingerprint density at radius 1 is 1.32 bits per heavy atom. The first-order valence-corrected chi connectivity index (χ1v) is 8.59. The quantitative estimate of drug-likeness (QED) is 0.893. The number of carbonyl (C=O) groups excluding carboxylic acids is 1. The molecule has 2 saturated heterocycles. The summed E-state index contributed by atoms with van der Waals surface area (Å²) >= 11 is 0. The van der Waals surface area contributed by atoms with Gasteiger partial charge in [0.05, 0.1) is 6.26 Å². The molecular weight excluding hydrogens is 344 g/mol. The fourth-order valence-electron chi connectivity index (χ4n) is 3.69. The van der Waals surface area contributed by atoms with Crippen molar-refractivity contribution in [2.75, 3.05) is 26.2 Å². The van der Waals surface area contributed by atoms with Crippen molar-refractivity contribution in [2.45, 2.75) is 32.1 Å². The number of piperidine rings is 1. The van der Waals surface area contributed by atoms with E-state index in [0.29, 0.717) is 35.7 Å². The number of amides is 1. The molecule has 0 aromatic carbocycles. The molecule has 7 nitrogen and oxygen atoms in total. The lowest BCUT2D eigenvalue weighted by atomic mass is 9.78. The molecule has 0 atom stereocenters. The lowest BCUT2D eigenvalue weighted by molar-refractivity contribution is -0.133. The molecule has 8 heteroatoms. The number of halogens is 1. The van der Waals surface area contributed by atoms with Gasteiger partial charge < -0.3 is 19.2 Å². The van der Waals surface area contributed by atoms with Crippen molar-refractivity contribution >= 4 is 18.3 Å². The number of aryl methyl sites for hydroxylation is 1. The molecule has 1 N–H and O–H groups in total. The van der Waals surface area contributed by atoms with E-state index in [1.165, 1.54) is 6.42 Å². The standard InChI is InChI=1S/C17H22N4O3.ClH/c22-15(21-9-6-17(7-10-21)5-8-18-12-17)4-3-14-19-16(20-24-14)13-2-1-11-23-13;/h1-2,11,18H,3-10,12H2;1H. The molecule has 2 aliphatic heterocycles. The number of hydrogen-bond acceptors (Lipinski definition) is 6. The van der Waals surface area contributed by atoms with E-state index in [-0.39, 0.29) is 18.3 Å². The van der Waals surface area contributed by atoms with Crippen LogP contribution in [0.4, 0.5) is 0 Å². The van der Waals surface area contributed by atoms with Gasteiger partial charge in [0.1, 0.15) is 0 Å². The summed E-state index contributed by atoms with van der Waals surface area (Å²) in [6.45, 7) is 3.94. The molecule has 4 heterocycles. The van der Waals surface area contributed by atoms with Gasteiger partial charge in [-0.2, -0.15) is 4.98 Å². The Kier molecular flexibility index (Phi) is 5.44. The van der Waals surface area contributed by atoms with Gasteiger partial charge in [-0.05, 0) is 43.4 Å². The van der Waals surface area contributed by atoms with Crippen LogP contribution in [0.1, 0.15) is 31.6 Å². The van der Waals surface area contributed by atoms with Gasteiger partial charge in [0.2, 0.25) is 17.6 Å². The van der Waals surface area contributed by atoms with E-state index in [9.17, 15) is 4.79 Å². The third-order valence-corrected chi connectivity index (χ3v) is 5.27. The Labute approximate surface area is 152 Å². The molecular formula is C17H23ClN4O3. The molecule has 0 bridgehead atoms. The summed E-state index contributed by atoms with van der Waals surface area (Å²) in [5.74, 6) is 1.65. The molecule has 0 radical (unpaired) electrons. The maximum Gasteiger partial charge on any atom is 0.238 e. The van der Waals surface area contributed by atoms with Crippen LogP contribution in [0.3, 0.4) is 0 Å². The molecule has 2 aliphatic rings. The number of rotatable bonds is 4. The monoisotopic (exact) mass is 366 g/mol. The van der Waals surface area contributed by atoms with Crippen molar-refractivity contribution in [3.63, 3.8) is 0 Å². The number of likely N-dealkylation sites (tertiary alicyclic amines) is 1. The summed E-state index contributed by atoms with van der Waals surface area (Å²) in [5, 5.41) is 7.33. The van der Waals surface area contributed by atoms with E-state index in [1.807, 2.05) is 4.90 Å². The molecule has 4 rings (SSSR count). The molecule has 2 fully saturated rings. The van der Waals surface area contributed by atoms with Gasteiger partial charge in [-0.1, -0.05) is 5.16 Å². The lowest BCUT2D eigenvalue weighted by Crippen LogP contribution is -2.44. The average Bonchev–Trinajstić information content (AvgIpc) is 3.35. The fourth-order valence-corrected chi connectivity index (χ4v) is 3.69. The van der Waals surface area contributed by atoms with E-state index in [4.69, 9.17) is 8.94 Å². The Hall–Kier alpha value is -1.86. The number of hydrogen-bond donors (Lipinski definition) is 1. The highest BCUT2D eigenvalue weighted by atomic mass is 35.5. The molecule has 2 aromatic heterocycles. The first-order chi connectivity index (χ1) is 11.7. The second-order valence-corrected chi connectivity index (χ2v) is 6.80. The molecule has 1 amide bonds. The highest BCUT2D eigenvalue weighted by molar-refractivity contribution is 5.85. The number of nitrogens with one attached hydrogen (secondary N) is 1. The molecule has 0 unspecified atom stereocenters. The van der Waals surface area contributed by atoms with E-state index in [2.05, 4.69) is 15.5 Å². The fraction of sp³-hybridized carbons (Fsp3) is 0.588. The van der Waals surface area contributed by atoms with Crippen molar-refractivity contribution in [1.82, 2.24) is 20.4 Å². The van der Waals surface area contributed by atoms with Crippen LogP contribution >= 0.6 is 12.4 Å². The predicted octanol–water partition coefficient (Wildman–Crippen LogP) is 2.29. The third-order valence-electron chi connectivity index (χ3n) is 5.27. The van der Waals surface area contributed by atoms with Crippen LogP contribution in [0.25, 0.3) is 11.6 Å². The summed E-state index contributed by atoms with van der Waals surface area (Å²) in [6, 6.07) is 3.55. The Bertz CT molecular complexity index is 685. The maximum atomic E-state index is 12.4. The normalized spacial score (nSPS) is 19.1. The molecule has 0 saturated carbocycles. The molecule has 1 spiro atoms. The minimum absolute atomic E-state index is 0. The van der Waals surface area contributed by atoms with Crippen LogP contribution in [0.2, 0.25) is 0 Å². The van der Waals surface area contributed by atoms with Crippen LogP contribution in [0.15, 0.2) is 27.3 Å². The van der Waals surface area contributed by atoms with Crippen molar-refractivity contribution < 1.29 is 13.7 Å². The third kappa shape index (κ3) is 3.88. The van der Waals surface area contributed by atoms with Gasteiger partial charge in [0.25, 0.3) is 0 Å². The summed E-state index contributed by atoms with van der Waals surface area (Å²) in [5.41, 5.74) is 0.432. The first kappa shape index (κ1) is 17.9. The van der Waals surface area contributed by atoms with Gasteiger partial charge in [-0.15, -0.1) is 12.4 Å². The zero-order valence-corrected chi connectivity index (χ0v) is 14.9. The lowest BCUT2D eigenvalue weighted by Gasteiger charge is -2.38. The zero-order chi connectivity index (χ0) is 16.4. The molecule has 136 valence electrons. The molecule has 25 heavy (non-hydrogen) atoms. The Morgan fingerprint density at radius 2 is 2.16 bits per heavy atom. The largest absolute Gasteiger partial charge is 0.461 e. The number of furan rings is 1.